The van der Waals surface area contributed by atoms with Gasteiger partial charge in [-0.15, -0.1) is 0 Å². The lowest BCUT2D eigenvalue weighted by atomic mass is 10.1. The maximum atomic E-state index is 12.6. The molecule has 0 aliphatic heterocycles. The summed E-state index contributed by atoms with van der Waals surface area (Å²) >= 11 is 0. The highest BCUT2D eigenvalue weighted by molar-refractivity contribution is 5.94. The first-order valence-corrected chi connectivity index (χ1v) is 10.2. The van der Waals surface area contributed by atoms with Crippen molar-refractivity contribution >= 4 is 5.91 Å². The van der Waals surface area contributed by atoms with E-state index in [-0.39, 0.29) is 5.91 Å². The molecule has 29 heavy (non-hydrogen) atoms. The van der Waals surface area contributed by atoms with Crippen LogP contribution in [0.2, 0.25) is 0 Å². The maximum Gasteiger partial charge on any atom is 0.251 e. The van der Waals surface area contributed by atoms with Gasteiger partial charge in [-0.05, 0) is 56.8 Å². The number of carbonyl (C=O) groups is 1. The molecule has 2 aromatic carbocycles. The third kappa shape index (κ3) is 4.93. The first-order chi connectivity index (χ1) is 14.0. The van der Waals surface area contributed by atoms with E-state index in [4.69, 9.17) is 0 Å². The quantitative estimate of drug-likeness (QED) is 0.625. The van der Waals surface area contributed by atoms with Gasteiger partial charge in [0.1, 0.15) is 0 Å². The minimum atomic E-state index is -0.0642. The number of hydrogen-bond donors (Lipinski definition) is 1. The lowest BCUT2D eigenvalue weighted by Gasteiger charge is -2.18. The summed E-state index contributed by atoms with van der Waals surface area (Å²) in [4.78, 5) is 15.0. The zero-order chi connectivity index (χ0) is 20.8. The summed E-state index contributed by atoms with van der Waals surface area (Å²) < 4.78 is 1.93. The molecule has 0 unspecified atom stereocenters. The molecule has 1 amide bonds. The molecule has 0 aliphatic carbocycles. The summed E-state index contributed by atoms with van der Waals surface area (Å²) in [5.41, 5.74) is 5.96. The summed E-state index contributed by atoms with van der Waals surface area (Å²) in [5.74, 6) is -0.0642. The van der Waals surface area contributed by atoms with Gasteiger partial charge in [-0.25, -0.2) is 4.68 Å². The van der Waals surface area contributed by atoms with E-state index in [9.17, 15) is 4.79 Å². The lowest BCUT2D eigenvalue weighted by Crippen LogP contribution is -2.24. The summed E-state index contributed by atoms with van der Waals surface area (Å²) in [7, 11) is 0. The van der Waals surface area contributed by atoms with Crippen LogP contribution >= 0.6 is 0 Å². The van der Waals surface area contributed by atoms with Crippen molar-refractivity contribution in [2.75, 3.05) is 13.1 Å². The van der Waals surface area contributed by atoms with Crippen molar-refractivity contribution in [1.82, 2.24) is 20.0 Å². The largest absolute Gasteiger partial charge is 0.348 e. The predicted molar refractivity (Wildman–Crippen MR) is 117 cm³/mol. The molecule has 0 atom stereocenters. The number of carbonyl (C=O) groups excluding carboxylic acids is 1. The van der Waals surface area contributed by atoms with E-state index >= 15 is 0 Å². The zero-order valence-electron chi connectivity index (χ0n) is 17.8. The molecule has 5 heteroatoms. The molecule has 1 heterocycles. The number of rotatable bonds is 8. The Balaban J connectivity index is 1.66. The Labute approximate surface area is 173 Å². The van der Waals surface area contributed by atoms with E-state index in [0.29, 0.717) is 12.1 Å². The molecule has 5 nitrogen and oxygen atoms in total. The summed E-state index contributed by atoms with van der Waals surface area (Å²) in [5, 5.41) is 7.69. The highest BCUT2D eigenvalue weighted by Crippen LogP contribution is 2.18. The van der Waals surface area contributed by atoms with Crippen molar-refractivity contribution in [1.29, 1.82) is 0 Å². The standard InChI is InChI=1S/C24H30N4O/c1-5-27(6-2)17-20-12-14-21(15-13-20)24(29)25-16-23-18(3)26-28(19(23)4)22-10-8-7-9-11-22/h7-15H,5-6,16-17H2,1-4H3,(H,25,29). The van der Waals surface area contributed by atoms with Gasteiger partial charge in [0.2, 0.25) is 0 Å². The average molecular weight is 391 g/mol. The second-order valence-corrected chi connectivity index (χ2v) is 7.24. The molecule has 0 saturated heterocycles. The van der Waals surface area contributed by atoms with Gasteiger partial charge in [-0.3, -0.25) is 9.69 Å². The van der Waals surface area contributed by atoms with E-state index in [2.05, 4.69) is 29.2 Å². The molecule has 0 radical (unpaired) electrons. The van der Waals surface area contributed by atoms with E-state index in [1.165, 1.54) is 5.56 Å². The second kappa shape index (κ2) is 9.52. The Hall–Kier alpha value is -2.92. The molecule has 0 bridgehead atoms. The third-order valence-electron chi connectivity index (χ3n) is 5.38. The number of amides is 1. The summed E-state index contributed by atoms with van der Waals surface area (Å²) in [6.07, 6.45) is 0. The van der Waals surface area contributed by atoms with Gasteiger partial charge < -0.3 is 5.32 Å². The Morgan fingerprint density at radius 1 is 1.00 bits per heavy atom. The first kappa shape index (κ1) is 20.8. The third-order valence-corrected chi connectivity index (χ3v) is 5.38. The lowest BCUT2D eigenvalue weighted by molar-refractivity contribution is 0.0951. The minimum absolute atomic E-state index is 0.0642. The number of aryl methyl sites for hydroxylation is 1. The molecule has 0 saturated carbocycles. The Morgan fingerprint density at radius 2 is 1.66 bits per heavy atom. The van der Waals surface area contributed by atoms with Gasteiger partial charge in [0, 0.05) is 29.9 Å². The molecule has 0 aliphatic rings. The van der Waals surface area contributed by atoms with Crippen LogP contribution in [0.5, 0.6) is 0 Å². The van der Waals surface area contributed by atoms with Crippen LogP contribution < -0.4 is 5.32 Å². The predicted octanol–water partition coefficient (Wildman–Crippen LogP) is 4.26. The van der Waals surface area contributed by atoms with Crippen molar-refractivity contribution in [2.45, 2.75) is 40.8 Å². The van der Waals surface area contributed by atoms with Crippen LogP contribution in [0, 0.1) is 13.8 Å². The van der Waals surface area contributed by atoms with Gasteiger partial charge in [0.05, 0.1) is 11.4 Å². The van der Waals surface area contributed by atoms with Crippen molar-refractivity contribution in [2.24, 2.45) is 0 Å². The molecule has 0 spiro atoms. The number of benzene rings is 2. The first-order valence-electron chi connectivity index (χ1n) is 10.2. The molecule has 0 fully saturated rings. The Morgan fingerprint density at radius 3 is 2.28 bits per heavy atom. The second-order valence-electron chi connectivity index (χ2n) is 7.24. The zero-order valence-corrected chi connectivity index (χ0v) is 17.8. The molecule has 1 aromatic heterocycles. The van der Waals surface area contributed by atoms with Crippen molar-refractivity contribution in [3.63, 3.8) is 0 Å². The van der Waals surface area contributed by atoms with E-state index < -0.39 is 0 Å². The maximum absolute atomic E-state index is 12.6. The fraction of sp³-hybridized carbons (Fsp3) is 0.333. The number of aromatic nitrogens is 2. The summed E-state index contributed by atoms with van der Waals surface area (Å²) in [6, 6.07) is 17.9. The van der Waals surface area contributed by atoms with E-state index in [0.717, 1.165) is 42.3 Å². The average Bonchev–Trinajstić information content (AvgIpc) is 3.04. The molecule has 1 N–H and O–H groups in total. The molecule has 152 valence electrons. The Bertz CT molecular complexity index is 941. The van der Waals surface area contributed by atoms with Gasteiger partial charge in [0.25, 0.3) is 5.91 Å². The number of nitrogens with one attached hydrogen (secondary N) is 1. The highest BCUT2D eigenvalue weighted by atomic mass is 16.1. The van der Waals surface area contributed by atoms with Gasteiger partial charge in [-0.1, -0.05) is 44.2 Å². The van der Waals surface area contributed by atoms with Crippen LogP contribution in [0.3, 0.4) is 0 Å². The monoisotopic (exact) mass is 390 g/mol. The Kier molecular flexibility index (Phi) is 6.83. The van der Waals surface area contributed by atoms with E-state index in [1.54, 1.807) is 0 Å². The van der Waals surface area contributed by atoms with Crippen LogP contribution in [-0.2, 0) is 13.1 Å². The van der Waals surface area contributed by atoms with Crippen LogP contribution in [0.1, 0.15) is 46.7 Å². The number of nitrogens with zero attached hydrogens (tertiary/aromatic N) is 3. The van der Waals surface area contributed by atoms with Gasteiger partial charge in [0.15, 0.2) is 0 Å². The number of para-hydroxylation sites is 1. The van der Waals surface area contributed by atoms with Crippen LogP contribution in [0.15, 0.2) is 54.6 Å². The fourth-order valence-corrected chi connectivity index (χ4v) is 3.49. The summed E-state index contributed by atoms with van der Waals surface area (Å²) in [6.45, 7) is 11.8. The molecule has 3 aromatic rings. The fourth-order valence-electron chi connectivity index (χ4n) is 3.49. The molecular formula is C24H30N4O. The highest BCUT2D eigenvalue weighted by Gasteiger charge is 2.14. The van der Waals surface area contributed by atoms with Crippen molar-refractivity contribution in [3.05, 3.63) is 82.7 Å². The topological polar surface area (TPSA) is 50.2 Å². The minimum Gasteiger partial charge on any atom is -0.348 e. The van der Waals surface area contributed by atoms with E-state index in [1.807, 2.05) is 73.1 Å². The SMILES string of the molecule is CCN(CC)Cc1ccc(C(=O)NCc2c(C)nn(-c3ccccc3)c2C)cc1. The number of hydrogen-bond acceptors (Lipinski definition) is 3. The van der Waals surface area contributed by atoms with Crippen LogP contribution in [0.4, 0.5) is 0 Å². The molecular weight excluding hydrogens is 360 g/mol. The van der Waals surface area contributed by atoms with Crippen LogP contribution in [0.25, 0.3) is 5.69 Å². The van der Waals surface area contributed by atoms with Crippen molar-refractivity contribution < 1.29 is 4.79 Å². The van der Waals surface area contributed by atoms with Crippen LogP contribution in [-0.4, -0.2) is 33.7 Å². The smallest absolute Gasteiger partial charge is 0.251 e. The van der Waals surface area contributed by atoms with Gasteiger partial charge >= 0.3 is 0 Å². The molecule has 3 rings (SSSR count). The van der Waals surface area contributed by atoms with Crippen molar-refractivity contribution in [3.8, 4) is 5.69 Å². The van der Waals surface area contributed by atoms with Gasteiger partial charge in [-0.2, -0.15) is 5.10 Å². The normalized spacial score (nSPS) is 11.1.